The Hall–Kier alpha value is -2.86. The van der Waals surface area contributed by atoms with E-state index in [1.165, 1.54) is 0 Å². The lowest BCUT2D eigenvalue weighted by Gasteiger charge is -2.28. The van der Waals surface area contributed by atoms with Gasteiger partial charge in [-0.25, -0.2) is 9.97 Å². The molecule has 1 fully saturated rings. The minimum atomic E-state index is -0.447. The predicted molar refractivity (Wildman–Crippen MR) is 119 cm³/mol. The normalized spacial score (nSPS) is 15.1. The number of carbonyl (C=O) groups excluding carboxylic acids is 1. The average molecular weight is 424 g/mol. The van der Waals surface area contributed by atoms with Crippen LogP contribution in [0.1, 0.15) is 37.1 Å². The lowest BCUT2D eigenvalue weighted by atomic mass is 9.78. The number of benzene rings is 1. The van der Waals surface area contributed by atoms with Crippen LogP contribution >= 0.6 is 11.6 Å². The fraction of sp³-hybridized carbons (Fsp3) is 0.348. The summed E-state index contributed by atoms with van der Waals surface area (Å²) in [5, 5.41) is 7.11. The number of rotatable bonds is 7. The Morgan fingerprint density at radius 1 is 1.10 bits per heavy atom. The zero-order chi connectivity index (χ0) is 21.0. The number of hydrogen-bond acceptors (Lipinski definition) is 4. The molecule has 0 radical (unpaired) electrons. The van der Waals surface area contributed by atoms with E-state index in [4.69, 9.17) is 11.6 Å². The van der Waals surface area contributed by atoms with Gasteiger partial charge in [-0.2, -0.15) is 0 Å². The smallest absolute Gasteiger partial charge is 0.230 e. The van der Waals surface area contributed by atoms with Gasteiger partial charge in [0.15, 0.2) is 0 Å². The predicted octanol–water partition coefficient (Wildman–Crippen LogP) is 4.27. The number of nitrogens with one attached hydrogen (secondary N) is 2. The summed E-state index contributed by atoms with van der Waals surface area (Å²) in [7, 11) is 0. The van der Waals surface area contributed by atoms with E-state index >= 15 is 0 Å². The van der Waals surface area contributed by atoms with E-state index in [-0.39, 0.29) is 5.91 Å². The largest absolute Gasteiger partial charge is 0.368 e. The minimum Gasteiger partial charge on any atom is -0.368 e. The van der Waals surface area contributed by atoms with E-state index in [1.807, 2.05) is 66.3 Å². The third kappa shape index (κ3) is 4.33. The SMILES string of the molecule is Cc1nc(NCCNC(=O)C2(c3ccc(Cl)cc3)CCCC2)cc(-n2cccc2)n1. The van der Waals surface area contributed by atoms with Gasteiger partial charge in [-0.15, -0.1) is 0 Å². The molecule has 1 aliphatic rings. The Morgan fingerprint density at radius 3 is 2.50 bits per heavy atom. The summed E-state index contributed by atoms with van der Waals surface area (Å²) >= 11 is 6.04. The quantitative estimate of drug-likeness (QED) is 0.556. The van der Waals surface area contributed by atoms with Crippen LogP contribution in [0.25, 0.3) is 5.82 Å². The van der Waals surface area contributed by atoms with E-state index in [0.717, 1.165) is 42.9 Å². The number of amides is 1. The Labute approximate surface area is 181 Å². The highest BCUT2D eigenvalue weighted by Gasteiger charge is 2.42. The van der Waals surface area contributed by atoms with Crippen molar-refractivity contribution in [2.75, 3.05) is 18.4 Å². The van der Waals surface area contributed by atoms with Gasteiger partial charge in [-0.3, -0.25) is 4.79 Å². The second-order valence-corrected chi connectivity index (χ2v) is 8.16. The summed E-state index contributed by atoms with van der Waals surface area (Å²) < 4.78 is 1.94. The molecule has 6 nitrogen and oxygen atoms in total. The molecule has 2 N–H and O–H groups in total. The highest BCUT2D eigenvalue weighted by Crippen LogP contribution is 2.41. The van der Waals surface area contributed by atoms with Crippen LogP contribution in [0.4, 0.5) is 5.82 Å². The third-order valence-corrected chi connectivity index (χ3v) is 5.95. The highest BCUT2D eigenvalue weighted by atomic mass is 35.5. The number of carbonyl (C=O) groups is 1. The third-order valence-electron chi connectivity index (χ3n) is 5.70. The van der Waals surface area contributed by atoms with Crippen LogP contribution in [0, 0.1) is 6.92 Å². The lowest BCUT2D eigenvalue weighted by Crippen LogP contribution is -2.44. The molecule has 2 aromatic heterocycles. The number of nitrogens with zero attached hydrogens (tertiary/aromatic N) is 3. The minimum absolute atomic E-state index is 0.0935. The number of aryl methyl sites for hydroxylation is 1. The van der Waals surface area contributed by atoms with E-state index < -0.39 is 5.41 Å². The van der Waals surface area contributed by atoms with Crippen molar-refractivity contribution in [3.63, 3.8) is 0 Å². The molecule has 0 atom stereocenters. The molecule has 0 spiro atoms. The number of anilines is 1. The van der Waals surface area contributed by atoms with Gasteiger partial charge in [0.25, 0.3) is 0 Å². The van der Waals surface area contributed by atoms with Crippen LogP contribution in [0.5, 0.6) is 0 Å². The molecule has 2 heterocycles. The molecule has 7 heteroatoms. The first kappa shape index (κ1) is 20.4. The Morgan fingerprint density at radius 2 is 1.80 bits per heavy atom. The van der Waals surface area contributed by atoms with Gasteiger partial charge in [0.05, 0.1) is 5.41 Å². The van der Waals surface area contributed by atoms with Crippen molar-refractivity contribution in [1.82, 2.24) is 19.9 Å². The molecule has 0 bridgehead atoms. The van der Waals surface area contributed by atoms with E-state index in [2.05, 4.69) is 20.6 Å². The molecule has 1 amide bonds. The van der Waals surface area contributed by atoms with Crippen molar-refractivity contribution in [3.05, 3.63) is 71.3 Å². The lowest BCUT2D eigenvalue weighted by molar-refractivity contribution is -0.126. The first-order valence-corrected chi connectivity index (χ1v) is 10.7. The van der Waals surface area contributed by atoms with Crippen molar-refractivity contribution in [2.24, 2.45) is 0 Å². The highest BCUT2D eigenvalue weighted by molar-refractivity contribution is 6.30. The number of aromatic nitrogens is 3. The second-order valence-electron chi connectivity index (χ2n) is 7.73. The summed E-state index contributed by atoms with van der Waals surface area (Å²) in [6.45, 7) is 2.98. The van der Waals surface area contributed by atoms with Crippen molar-refractivity contribution < 1.29 is 4.79 Å². The molecule has 0 saturated heterocycles. The summed E-state index contributed by atoms with van der Waals surface area (Å²) in [6.07, 6.45) is 7.78. The first-order chi connectivity index (χ1) is 14.6. The van der Waals surface area contributed by atoms with Crippen molar-refractivity contribution in [2.45, 2.75) is 38.0 Å². The molecule has 1 aromatic carbocycles. The maximum absolute atomic E-state index is 13.1. The van der Waals surface area contributed by atoms with Gasteiger partial charge in [0.2, 0.25) is 5.91 Å². The summed E-state index contributed by atoms with van der Waals surface area (Å²) in [4.78, 5) is 22.0. The summed E-state index contributed by atoms with van der Waals surface area (Å²) in [5.74, 6) is 2.34. The maximum Gasteiger partial charge on any atom is 0.230 e. The van der Waals surface area contributed by atoms with Gasteiger partial charge in [-0.05, 0) is 49.6 Å². The molecule has 3 aromatic rings. The molecule has 1 saturated carbocycles. The van der Waals surface area contributed by atoms with Crippen molar-refractivity contribution in [3.8, 4) is 5.82 Å². The number of halogens is 1. The molecule has 0 unspecified atom stereocenters. The van der Waals surface area contributed by atoms with Gasteiger partial charge in [0, 0.05) is 36.6 Å². The summed E-state index contributed by atoms with van der Waals surface area (Å²) in [6, 6.07) is 13.5. The van der Waals surface area contributed by atoms with Crippen LogP contribution in [-0.2, 0) is 10.2 Å². The van der Waals surface area contributed by atoms with Gasteiger partial charge in [0.1, 0.15) is 17.5 Å². The van der Waals surface area contributed by atoms with Crippen molar-refractivity contribution in [1.29, 1.82) is 0 Å². The topological polar surface area (TPSA) is 71.8 Å². The van der Waals surface area contributed by atoms with Gasteiger partial charge < -0.3 is 15.2 Å². The Kier molecular flexibility index (Phi) is 6.04. The van der Waals surface area contributed by atoms with Crippen LogP contribution in [0.2, 0.25) is 5.02 Å². The van der Waals surface area contributed by atoms with E-state index in [1.54, 1.807) is 0 Å². The Bertz CT molecular complexity index is 995. The molecular formula is C23H26ClN5O. The van der Waals surface area contributed by atoms with Crippen LogP contribution in [0.15, 0.2) is 54.9 Å². The monoisotopic (exact) mass is 423 g/mol. The number of hydrogen-bond donors (Lipinski definition) is 2. The fourth-order valence-corrected chi connectivity index (χ4v) is 4.32. The van der Waals surface area contributed by atoms with Crippen LogP contribution in [-0.4, -0.2) is 33.5 Å². The fourth-order valence-electron chi connectivity index (χ4n) is 4.19. The molecular weight excluding hydrogens is 398 g/mol. The molecule has 1 aliphatic carbocycles. The van der Waals surface area contributed by atoms with Gasteiger partial charge in [-0.1, -0.05) is 36.6 Å². The standard InChI is InChI=1S/C23H26ClN5O/c1-17-27-20(16-21(28-17)29-14-4-5-15-29)25-12-13-26-22(30)23(10-2-3-11-23)18-6-8-19(24)9-7-18/h4-9,14-16H,2-3,10-13H2,1H3,(H,26,30)(H,25,27,28). The van der Waals surface area contributed by atoms with E-state index in [9.17, 15) is 4.79 Å². The molecule has 0 aliphatic heterocycles. The van der Waals surface area contributed by atoms with Crippen LogP contribution < -0.4 is 10.6 Å². The zero-order valence-corrected chi connectivity index (χ0v) is 17.8. The van der Waals surface area contributed by atoms with Gasteiger partial charge >= 0.3 is 0 Å². The Balaban J connectivity index is 1.37. The average Bonchev–Trinajstić information content (AvgIpc) is 3.44. The summed E-state index contributed by atoms with van der Waals surface area (Å²) in [5.41, 5.74) is 0.607. The van der Waals surface area contributed by atoms with E-state index in [0.29, 0.717) is 23.9 Å². The first-order valence-electron chi connectivity index (χ1n) is 10.3. The van der Waals surface area contributed by atoms with Crippen LogP contribution in [0.3, 0.4) is 0 Å². The van der Waals surface area contributed by atoms with Crippen molar-refractivity contribution >= 4 is 23.3 Å². The second kappa shape index (κ2) is 8.88. The molecule has 30 heavy (non-hydrogen) atoms. The molecule has 156 valence electrons. The maximum atomic E-state index is 13.1. The molecule has 4 rings (SSSR count). The zero-order valence-electron chi connectivity index (χ0n) is 17.1.